The first-order chi connectivity index (χ1) is 15.3. The number of hydrogen-bond acceptors (Lipinski definition) is 3. The molecule has 0 bridgehead atoms. The highest BCUT2D eigenvalue weighted by molar-refractivity contribution is 5.86. The van der Waals surface area contributed by atoms with Crippen LogP contribution in [0.15, 0.2) is 82.0 Å². The van der Waals surface area contributed by atoms with Crippen molar-refractivity contribution in [2.24, 2.45) is 0 Å². The van der Waals surface area contributed by atoms with Crippen molar-refractivity contribution in [1.82, 2.24) is 0 Å². The average molecular weight is 440 g/mol. The molecule has 0 aliphatic rings. The number of hydrogen-bond donors (Lipinski definition) is 2. The topological polar surface area (TPSA) is 54.9 Å². The highest BCUT2D eigenvalue weighted by Crippen LogP contribution is 2.38. The number of halogens is 3. The molecule has 1 aromatic heterocycles. The van der Waals surface area contributed by atoms with Gasteiger partial charge in [0.15, 0.2) is 5.58 Å². The van der Waals surface area contributed by atoms with Gasteiger partial charge in [-0.3, -0.25) is 4.79 Å². The fourth-order valence-electron chi connectivity index (χ4n) is 3.85. The highest BCUT2D eigenvalue weighted by atomic mass is 19.4. The summed E-state index contributed by atoms with van der Waals surface area (Å²) in [5.41, 5.74) is -0.239. The predicted molar refractivity (Wildman–Crippen MR) is 115 cm³/mol. The SMILES string of the molecule is C[NH+](Cc1ccccc1)Cc1c(O)ccc2c(=O)c(-c3ccccc3)c(C(F)(F)F)oc12. The van der Waals surface area contributed by atoms with Gasteiger partial charge in [0.1, 0.15) is 18.8 Å². The second-order valence-corrected chi connectivity index (χ2v) is 7.74. The van der Waals surface area contributed by atoms with Gasteiger partial charge in [0.2, 0.25) is 11.2 Å². The number of fused-ring (bicyclic) bond motifs is 1. The normalized spacial score (nSPS) is 12.8. The van der Waals surface area contributed by atoms with Gasteiger partial charge < -0.3 is 14.4 Å². The van der Waals surface area contributed by atoms with Crippen LogP contribution in [0.3, 0.4) is 0 Å². The van der Waals surface area contributed by atoms with E-state index in [0.717, 1.165) is 10.5 Å². The smallest absolute Gasteiger partial charge is 0.450 e. The van der Waals surface area contributed by atoms with E-state index >= 15 is 0 Å². The van der Waals surface area contributed by atoms with Crippen LogP contribution in [0.4, 0.5) is 13.2 Å². The number of phenols is 1. The third-order valence-electron chi connectivity index (χ3n) is 5.29. The summed E-state index contributed by atoms with van der Waals surface area (Å²) in [7, 11) is 1.85. The second-order valence-electron chi connectivity index (χ2n) is 7.74. The molecule has 1 heterocycles. The van der Waals surface area contributed by atoms with Gasteiger partial charge in [-0.25, -0.2) is 0 Å². The van der Waals surface area contributed by atoms with E-state index in [0.29, 0.717) is 6.54 Å². The molecule has 4 nitrogen and oxygen atoms in total. The van der Waals surface area contributed by atoms with Gasteiger partial charge in [0, 0.05) is 5.56 Å². The minimum atomic E-state index is -4.88. The molecule has 32 heavy (non-hydrogen) atoms. The molecule has 3 aromatic carbocycles. The first kappa shape index (κ1) is 21.6. The summed E-state index contributed by atoms with van der Waals surface area (Å²) in [6.07, 6.45) is -4.88. The Morgan fingerprint density at radius 2 is 1.53 bits per heavy atom. The molecule has 164 valence electrons. The summed E-state index contributed by atoms with van der Waals surface area (Å²) in [5.74, 6) is -1.58. The Morgan fingerprint density at radius 3 is 2.16 bits per heavy atom. The van der Waals surface area contributed by atoms with Gasteiger partial charge in [-0.2, -0.15) is 13.2 Å². The molecule has 0 aliphatic carbocycles. The largest absolute Gasteiger partial charge is 0.507 e. The molecule has 1 atom stereocenters. The lowest BCUT2D eigenvalue weighted by molar-refractivity contribution is -0.907. The summed E-state index contributed by atoms with van der Waals surface area (Å²) >= 11 is 0. The van der Waals surface area contributed by atoms with Crippen LogP contribution in [0.2, 0.25) is 0 Å². The van der Waals surface area contributed by atoms with Crippen LogP contribution >= 0.6 is 0 Å². The fraction of sp³-hybridized carbons (Fsp3) is 0.160. The maximum absolute atomic E-state index is 13.9. The van der Waals surface area contributed by atoms with Crippen molar-refractivity contribution in [3.8, 4) is 16.9 Å². The molecule has 2 N–H and O–H groups in total. The molecule has 0 saturated carbocycles. The highest BCUT2D eigenvalue weighted by Gasteiger charge is 2.40. The Hall–Kier alpha value is -3.58. The molecule has 4 rings (SSSR count). The fourth-order valence-corrected chi connectivity index (χ4v) is 3.85. The Morgan fingerprint density at radius 1 is 0.906 bits per heavy atom. The van der Waals surface area contributed by atoms with Crippen molar-refractivity contribution in [3.63, 3.8) is 0 Å². The molecule has 0 aliphatic heterocycles. The standard InChI is InChI=1S/C25H20F3NO3/c1-29(14-16-8-4-2-5-9-16)15-19-20(30)13-12-18-22(31)21(17-10-6-3-7-11-17)24(25(26,27)28)32-23(18)19/h2-13,30H,14-15H2,1H3/p+1. The number of quaternary nitrogens is 1. The van der Waals surface area contributed by atoms with E-state index in [-0.39, 0.29) is 34.4 Å². The van der Waals surface area contributed by atoms with Crippen LogP contribution < -0.4 is 10.3 Å². The zero-order chi connectivity index (χ0) is 22.9. The van der Waals surface area contributed by atoms with Gasteiger partial charge in [0.25, 0.3) is 0 Å². The number of benzene rings is 3. The zero-order valence-corrected chi connectivity index (χ0v) is 17.2. The monoisotopic (exact) mass is 440 g/mol. The molecular formula is C25H21F3NO3+. The van der Waals surface area contributed by atoms with Crippen molar-refractivity contribution in [2.75, 3.05) is 7.05 Å². The number of nitrogens with one attached hydrogen (secondary N) is 1. The number of rotatable bonds is 5. The van der Waals surface area contributed by atoms with E-state index < -0.39 is 22.9 Å². The molecule has 4 aromatic rings. The van der Waals surface area contributed by atoms with E-state index in [1.807, 2.05) is 37.4 Å². The van der Waals surface area contributed by atoms with E-state index in [1.165, 1.54) is 24.3 Å². The number of alkyl halides is 3. The van der Waals surface area contributed by atoms with Crippen molar-refractivity contribution < 1.29 is 27.6 Å². The predicted octanol–water partition coefficient (Wildman–Crippen LogP) is 4.40. The quantitative estimate of drug-likeness (QED) is 0.484. The lowest BCUT2D eigenvalue weighted by atomic mass is 10.00. The third kappa shape index (κ3) is 4.24. The van der Waals surface area contributed by atoms with Crippen LogP contribution in [-0.2, 0) is 19.3 Å². The molecular weight excluding hydrogens is 419 g/mol. The molecule has 0 fully saturated rings. The first-order valence-electron chi connectivity index (χ1n) is 10.0. The van der Waals surface area contributed by atoms with Gasteiger partial charge >= 0.3 is 6.18 Å². The van der Waals surface area contributed by atoms with Gasteiger partial charge in [-0.1, -0.05) is 60.7 Å². The molecule has 0 spiro atoms. The summed E-state index contributed by atoms with van der Waals surface area (Å²) in [4.78, 5) is 14.1. The summed E-state index contributed by atoms with van der Waals surface area (Å²) in [6, 6.07) is 19.9. The Kier molecular flexibility index (Phi) is 5.76. The van der Waals surface area contributed by atoms with Crippen LogP contribution in [0, 0.1) is 0 Å². The van der Waals surface area contributed by atoms with E-state index in [4.69, 9.17) is 4.42 Å². The number of aromatic hydroxyl groups is 1. The number of phenolic OH excluding ortho intramolecular Hbond substituents is 1. The second kappa shape index (κ2) is 8.51. The maximum atomic E-state index is 13.9. The van der Waals surface area contributed by atoms with Crippen LogP contribution in [0.5, 0.6) is 5.75 Å². The van der Waals surface area contributed by atoms with Gasteiger partial charge in [-0.05, 0) is 17.7 Å². The van der Waals surface area contributed by atoms with E-state index in [2.05, 4.69) is 0 Å². The van der Waals surface area contributed by atoms with Crippen LogP contribution in [-0.4, -0.2) is 12.2 Å². The molecule has 0 radical (unpaired) electrons. The zero-order valence-electron chi connectivity index (χ0n) is 17.2. The minimum absolute atomic E-state index is 0.00263. The van der Waals surface area contributed by atoms with Crippen molar-refractivity contribution in [3.05, 3.63) is 99.9 Å². The maximum Gasteiger partial charge on any atom is 0.450 e. The van der Waals surface area contributed by atoms with Gasteiger partial charge in [-0.15, -0.1) is 0 Å². The molecule has 7 heteroatoms. The van der Waals surface area contributed by atoms with E-state index in [1.54, 1.807) is 18.2 Å². The summed E-state index contributed by atoms with van der Waals surface area (Å²) < 4.78 is 47.1. The van der Waals surface area contributed by atoms with Crippen LogP contribution in [0.1, 0.15) is 16.9 Å². The minimum Gasteiger partial charge on any atom is -0.507 e. The Bertz CT molecular complexity index is 1300. The Labute approximate surface area is 182 Å². The molecule has 0 saturated heterocycles. The third-order valence-corrected chi connectivity index (χ3v) is 5.29. The van der Waals surface area contributed by atoms with E-state index in [9.17, 15) is 23.1 Å². The average Bonchev–Trinajstić information content (AvgIpc) is 2.76. The summed E-state index contributed by atoms with van der Waals surface area (Å²) in [5, 5.41) is 10.4. The van der Waals surface area contributed by atoms with Crippen LogP contribution in [0.25, 0.3) is 22.1 Å². The Balaban J connectivity index is 1.87. The van der Waals surface area contributed by atoms with Crippen molar-refractivity contribution >= 4 is 11.0 Å². The first-order valence-corrected chi connectivity index (χ1v) is 10.0. The lowest BCUT2D eigenvalue weighted by Crippen LogP contribution is -3.06. The summed E-state index contributed by atoms with van der Waals surface area (Å²) in [6.45, 7) is 0.748. The molecule has 0 amide bonds. The van der Waals surface area contributed by atoms with Crippen molar-refractivity contribution in [1.29, 1.82) is 0 Å². The van der Waals surface area contributed by atoms with Crippen molar-refractivity contribution in [2.45, 2.75) is 19.3 Å². The lowest BCUT2D eigenvalue weighted by Gasteiger charge is -2.18. The van der Waals surface area contributed by atoms with Gasteiger partial charge in [0.05, 0.1) is 23.6 Å². The molecule has 1 unspecified atom stereocenters.